The summed E-state index contributed by atoms with van der Waals surface area (Å²) in [6, 6.07) is 11.6. The van der Waals surface area contributed by atoms with Crippen LogP contribution in [0.2, 0.25) is 0 Å². The molecule has 1 fully saturated rings. The highest BCUT2D eigenvalue weighted by atomic mass is 32.2. The standard InChI is InChI=1S/C22H24N4O3S2/c1-14-21(31-22(24-14)16-7-3-4-8-18(16)28-2)17-9-10-20(26-25-17)30-13-19(27)23-12-15-6-5-11-29-15/h3-4,7-10,15H,5-6,11-13H2,1-2H3,(H,23,27)/t15-/m0/s1. The second-order valence-corrected chi connectivity index (χ2v) is 9.11. The molecule has 1 aliphatic rings. The van der Waals surface area contributed by atoms with Gasteiger partial charge in [-0.25, -0.2) is 4.98 Å². The second-order valence-electron chi connectivity index (χ2n) is 7.12. The first kappa shape index (κ1) is 21.7. The Kier molecular flexibility index (Phi) is 7.16. The molecule has 1 N–H and O–H groups in total. The first-order valence-corrected chi connectivity index (χ1v) is 11.9. The Bertz CT molecular complexity index is 1030. The van der Waals surface area contributed by atoms with Crippen molar-refractivity contribution < 1.29 is 14.3 Å². The number of hydrogen-bond donors (Lipinski definition) is 1. The SMILES string of the molecule is COc1ccccc1-c1nc(C)c(-c2ccc(SCC(=O)NC[C@@H]3CCCO3)nn2)s1. The summed E-state index contributed by atoms with van der Waals surface area (Å²) in [5.74, 6) is 1.07. The lowest BCUT2D eigenvalue weighted by molar-refractivity contribution is -0.119. The first-order valence-electron chi connectivity index (χ1n) is 10.1. The zero-order valence-corrected chi connectivity index (χ0v) is 19.1. The second kappa shape index (κ2) is 10.2. The van der Waals surface area contributed by atoms with Gasteiger partial charge >= 0.3 is 0 Å². The van der Waals surface area contributed by atoms with Crippen molar-refractivity contribution in [3.63, 3.8) is 0 Å². The maximum absolute atomic E-state index is 12.0. The molecule has 4 rings (SSSR count). The van der Waals surface area contributed by atoms with Crippen LogP contribution in [0, 0.1) is 6.92 Å². The molecule has 0 radical (unpaired) electrons. The third kappa shape index (κ3) is 5.41. The van der Waals surface area contributed by atoms with Crippen LogP contribution >= 0.6 is 23.1 Å². The van der Waals surface area contributed by atoms with Crippen LogP contribution in [0.1, 0.15) is 18.5 Å². The minimum atomic E-state index is -0.0221. The van der Waals surface area contributed by atoms with Crippen molar-refractivity contribution in [2.24, 2.45) is 0 Å². The molecular formula is C22H24N4O3S2. The highest BCUT2D eigenvalue weighted by Gasteiger charge is 2.17. The van der Waals surface area contributed by atoms with E-state index in [9.17, 15) is 4.79 Å². The van der Waals surface area contributed by atoms with Gasteiger partial charge in [0.25, 0.3) is 0 Å². The number of carbonyl (C=O) groups is 1. The Morgan fingerprint density at radius 2 is 2.16 bits per heavy atom. The molecule has 1 amide bonds. The van der Waals surface area contributed by atoms with E-state index in [4.69, 9.17) is 14.5 Å². The summed E-state index contributed by atoms with van der Waals surface area (Å²) < 4.78 is 11.0. The quantitative estimate of drug-likeness (QED) is 0.513. The van der Waals surface area contributed by atoms with Crippen LogP contribution in [-0.2, 0) is 9.53 Å². The van der Waals surface area contributed by atoms with Crippen molar-refractivity contribution in [1.82, 2.24) is 20.5 Å². The molecule has 1 atom stereocenters. The Labute approximate surface area is 189 Å². The van der Waals surface area contributed by atoms with Gasteiger partial charge in [-0.1, -0.05) is 23.9 Å². The van der Waals surface area contributed by atoms with Crippen LogP contribution in [0.5, 0.6) is 5.75 Å². The number of hydrogen-bond acceptors (Lipinski definition) is 8. The lowest BCUT2D eigenvalue weighted by Gasteiger charge is -2.10. The van der Waals surface area contributed by atoms with E-state index in [0.29, 0.717) is 17.3 Å². The third-order valence-electron chi connectivity index (χ3n) is 4.91. The van der Waals surface area contributed by atoms with Crippen LogP contribution in [0.15, 0.2) is 41.4 Å². The highest BCUT2D eigenvalue weighted by Crippen LogP contribution is 2.38. The summed E-state index contributed by atoms with van der Waals surface area (Å²) in [6.45, 7) is 3.33. The Morgan fingerprint density at radius 3 is 2.90 bits per heavy atom. The molecule has 1 aliphatic heterocycles. The minimum absolute atomic E-state index is 0.0221. The van der Waals surface area contributed by atoms with E-state index in [1.165, 1.54) is 11.8 Å². The molecule has 0 unspecified atom stereocenters. The van der Waals surface area contributed by atoms with Gasteiger partial charge in [0.05, 0.1) is 35.1 Å². The Balaban J connectivity index is 1.38. The molecule has 31 heavy (non-hydrogen) atoms. The van der Waals surface area contributed by atoms with Gasteiger partial charge in [-0.2, -0.15) is 0 Å². The lowest BCUT2D eigenvalue weighted by Crippen LogP contribution is -2.32. The molecule has 9 heteroatoms. The van der Waals surface area contributed by atoms with Crippen molar-refractivity contribution in [3.8, 4) is 26.9 Å². The molecule has 3 heterocycles. The molecule has 7 nitrogen and oxygen atoms in total. The molecular weight excluding hydrogens is 432 g/mol. The van der Waals surface area contributed by atoms with E-state index in [2.05, 4.69) is 15.5 Å². The van der Waals surface area contributed by atoms with Gasteiger partial charge in [0.1, 0.15) is 21.5 Å². The average molecular weight is 457 g/mol. The summed E-state index contributed by atoms with van der Waals surface area (Å²) in [6.07, 6.45) is 2.23. The minimum Gasteiger partial charge on any atom is -0.496 e. The topological polar surface area (TPSA) is 86.2 Å². The van der Waals surface area contributed by atoms with Gasteiger partial charge in [-0.3, -0.25) is 4.79 Å². The number of aromatic nitrogens is 3. The number of methoxy groups -OCH3 is 1. The fourth-order valence-corrected chi connectivity index (χ4v) is 5.02. The van der Waals surface area contributed by atoms with Crippen LogP contribution in [-0.4, -0.2) is 53.2 Å². The van der Waals surface area contributed by atoms with Gasteiger partial charge in [-0.15, -0.1) is 21.5 Å². The normalized spacial score (nSPS) is 15.7. The number of nitrogens with one attached hydrogen (secondary N) is 1. The molecule has 3 aromatic rings. The number of carbonyl (C=O) groups excluding carboxylic acids is 1. The number of rotatable bonds is 8. The lowest BCUT2D eigenvalue weighted by atomic mass is 10.2. The fraction of sp³-hybridized carbons (Fsp3) is 0.364. The Hall–Kier alpha value is -2.49. The maximum Gasteiger partial charge on any atom is 0.230 e. The molecule has 2 aromatic heterocycles. The summed E-state index contributed by atoms with van der Waals surface area (Å²) in [4.78, 5) is 17.7. The molecule has 0 bridgehead atoms. The summed E-state index contributed by atoms with van der Waals surface area (Å²) in [7, 11) is 1.66. The molecule has 1 saturated heterocycles. The zero-order valence-electron chi connectivity index (χ0n) is 17.5. The van der Waals surface area contributed by atoms with Crippen LogP contribution in [0.25, 0.3) is 21.1 Å². The number of thiazole rings is 1. The molecule has 162 valence electrons. The van der Waals surface area contributed by atoms with Crippen LogP contribution in [0.4, 0.5) is 0 Å². The van der Waals surface area contributed by atoms with Gasteiger partial charge in [0.2, 0.25) is 5.91 Å². The fourth-order valence-electron chi connectivity index (χ4n) is 3.31. The zero-order chi connectivity index (χ0) is 21.6. The average Bonchev–Trinajstić information content (AvgIpc) is 3.46. The van der Waals surface area contributed by atoms with Crippen molar-refractivity contribution in [2.45, 2.75) is 30.9 Å². The Morgan fingerprint density at radius 1 is 1.29 bits per heavy atom. The molecule has 0 spiro atoms. The van der Waals surface area contributed by atoms with Crippen molar-refractivity contribution in [2.75, 3.05) is 26.0 Å². The largest absolute Gasteiger partial charge is 0.496 e. The number of nitrogens with zero attached hydrogens (tertiary/aromatic N) is 3. The summed E-state index contributed by atoms with van der Waals surface area (Å²) >= 11 is 2.93. The van der Waals surface area contributed by atoms with Gasteiger partial charge in [-0.05, 0) is 44.0 Å². The summed E-state index contributed by atoms with van der Waals surface area (Å²) in [5, 5.41) is 13.2. The highest BCUT2D eigenvalue weighted by molar-refractivity contribution is 7.99. The van der Waals surface area contributed by atoms with E-state index in [-0.39, 0.29) is 12.0 Å². The van der Waals surface area contributed by atoms with E-state index in [1.54, 1.807) is 18.4 Å². The number of benzene rings is 1. The smallest absolute Gasteiger partial charge is 0.230 e. The number of amides is 1. The third-order valence-corrected chi connectivity index (χ3v) is 7.04. The van der Waals surface area contributed by atoms with E-state index in [1.807, 2.05) is 43.3 Å². The molecule has 1 aromatic carbocycles. The van der Waals surface area contributed by atoms with Gasteiger partial charge < -0.3 is 14.8 Å². The first-order chi connectivity index (χ1) is 15.1. The van der Waals surface area contributed by atoms with Crippen molar-refractivity contribution >= 4 is 29.0 Å². The monoisotopic (exact) mass is 456 g/mol. The number of aryl methyl sites for hydroxylation is 1. The van der Waals surface area contributed by atoms with E-state index < -0.39 is 0 Å². The maximum atomic E-state index is 12.0. The molecule has 0 aliphatic carbocycles. The van der Waals surface area contributed by atoms with Gasteiger partial charge in [0.15, 0.2) is 0 Å². The van der Waals surface area contributed by atoms with Gasteiger partial charge in [0, 0.05) is 13.2 Å². The number of ether oxygens (including phenoxy) is 2. The number of thioether (sulfide) groups is 1. The summed E-state index contributed by atoms with van der Waals surface area (Å²) in [5.41, 5.74) is 2.62. The van der Waals surface area contributed by atoms with E-state index in [0.717, 1.165) is 52.0 Å². The van der Waals surface area contributed by atoms with Crippen LogP contribution < -0.4 is 10.1 Å². The van der Waals surface area contributed by atoms with E-state index >= 15 is 0 Å². The predicted octanol–water partition coefficient (Wildman–Crippen LogP) is 3.97. The van der Waals surface area contributed by atoms with Crippen molar-refractivity contribution in [3.05, 3.63) is 42.1 Å². The number of para-hydroxylation sites is 1. The van der Waals surface area contributed by atoms with Crippen LogP contribution in [0.3, 0.4) is 0 Å². The predicted molar refractivity (Wildman–Crippen MR) is 123 cm³/mol. The molecule has 0 saturated carbocycles. The van der Waals surface area contributed by atoms with Crippen molar-refractivity contribution in [1.29, 1.82) is 0 Å².